The van der Waals surface area contributed by atoms with Gasteiger partial charge in [0.05, 0.1) is 11.0 Å². The van der Waals surface area contributed by atoms with Gasteiger partial charge in [0.1, 0.15) is 0 Å². The SMILES string of the molecule is CCCCc1cccc2nc3ccccc3cc12. The molecule has 90 valence electrons. The maximum Gasteiger partial charge on any atom is 0.0712 e. The third-order valence-electron chi connectivity index (χ3n) is 3.45. The van der Waals surface area contributed by atoms with Gasteiger partial charge in [-0.05, 0) is 36.6 Å². The highest BCUT2D eigenvalue weighted by molar-refractivity contribution is 5.94. The smallest absolute Gasteiger partial charge is 0.0712 e. The van der Waals surface area contributed by atoms with Crippen molar-refractivity contribution >= 4 is 21.8 Å². The van der Waals surface area contributed by atoms with E-state index in [0.29, 0.717) is 0 Å². The average Bonchev–Trinajstić information content (AvgIpc) is 2.43. The summed E-state index contributed by atoms with van der Waals surface area (Å²) in [4.78, 5) is 4.75. The monoisotopic (exact) mass is 235 g/mol. The van der Waals surface area contributed by atoms with Gasteiger partial charge >= 0.3 is 0 Å². The molecule has 0 aliphatic carbocycles. The lowest BCUT2D eigenvalue weighted by molar-refractivity contribution is 0.799. The van der Waals surface area contributed by atoms with Gasteiger partial charge in [-0.25, -0.2) is 4.98 Å². The molecule has 18 heavy (non-hydrogen) atoms. The first-order valence-corrected chi connectivity index (χ1v) is 6.66. The topological polar surface area (TPSA) is 12.9 Å². The van der Waals surface area contributed by atoms with Crippen LogP contribution in [-0.2, 0) is 6.42 Å². The van der Waals surface area contributed by atoms with E-state index in [-0.39, 0.29) is 0 Å². The molecule has 0 saturated carbocycles. The van der Waals surface area contributed by atoms with Crippen LogP contribution < -0.4 is 0 Å². The van der Waals surface area contributed by atoms with E-state index >= 15 is 0 Å². The van der Waals surface area contributed by atoms with Gasteiger partial charge in [0.2, 0.25) is 0 Å². The number of nitrogens with zero attached hydrogens (tertiary/aromatic N) is 1. The van der Waals surface area contributed by atoms with Crippen LogP contribution in [0, 0.1) is 0 Å². The number of fused-ring (bicyclic) bond motifs is 2. The first-order valence-electron chi connectivity index (χ1n) is 6.66. The molecule has 1 heterocycles. The third kappa shape index (κ3) is 1.97. The lowest BCUT2D eigenvalue weighted by Gasteiger charge is -2.07. The fourth-order valence-electron chi connectivity index (χ4n) is 2.45. The van der Waals surface area contributed by atoms with Crippen LogP contribution in [0.2, 0.25) is 0 Å². The van der Waals surface area contributed by atoms with E-state index in [9.17, 15) is 0 Å². The lowest BCUT2D eigenvalue weighted by Crippen LogP contribution is -1.89. The molecule has 0 bridgehead atoms. The van der Waals surface area contributed by atoms with Gasteiger partial charge in [0, 0.05) is 10.8 Å². The molecule has 0 radical (unpaired) electrons. The van der Waals surface area contributed by atoms with Gasteiger partial charge < -0.3 is 0 Å². The van der Waals surface area contributed by atoms with Crippen LogP contribution >= 0.6 is 0 Å². The van der Waals surface area contributed by atoms with E-state index < -0.39 is 0 Å². The molecular formula is C17H17N. The molecule has 0 spiro atoms. The fraction of sp³-hybridized carbons (Fsp3) is 0.235. The normalized spacial score (nSPS) is 11.2. The molecule has 0 aliphatic heterocycles. The Kier molecular flexibility index (Phi) is 2.97. The molecule has 0 amide bonds. The number of benzene rings is 2. The second-order valence-electron chi connectivity index (χ2n) is 4.77. The second-order valence-corrected chi connectivity index (χ2v) is 4.77. The minimum Gasteiger partial charge on any atom is -0.248 e. The van der Waals surface area contributed by atoms with E-state index in [1.807, 2.05) is 6.07 Å². The Bertz CT molecular complexity index is 685. The average molecular weight is 235 g/mol. The zero-order chi connectivity index (χ0) is 12.4. The number of hydrogen-bond acceptors (Lipinski definition) is 1. The molecule has 2 aromatic carbocycles. The zero-order valence-electron chi connectivity index (χ0n) is 10.7. The number of unbranched alkanes of at least 4 members (excludes halogenated alkanes) is 1. The lowest BCUT2D eigenvalue weighted by atomic mass is 10.0. The van der Waals surface area contributed by atoms with Crippen molar-refractivity contribution in [2.45, 2.75) is 26.2 Å². The van der Waals surface area contributed by atoms with Crippen molar-refractivity contribution in [2.24, 2.45) is 0 Å². The van der Waals surface area contributed by atoms with Crippen molar-refractivity contribution in [3.8, 4) is 0 Å². The molecule has 3 rings (SSSR count). The molecule has 0 unspecified atom stereocenters. The van der Waals surface area contributed by atoms with Gasteiger partial charge in [-0.15, -0.1) is 0 Å². The number of para-hydroxylation sites is 1. The van der Waals surface area contributed by atoms with Gasteiger partial charge in [0.25, 0.3) is 0 Å². The zero-order valence-corrected chi connectivity index (χ0v) is 10.7. The van der Waals surface area contributed by atoms with E-state index in [1.165, 1.54) is 29.2 Å². The van der Waals surface area contributed by atoms with Crippen LogP contribution in [0.3, 0.4) is 0 Å². The number of rotatable bonds is 3. The summed E-state index contributed by atoms with van der Waals surface area (Å²) in [6.45, 7) is 2.23. The summed E-state index contributed by atoms with van der Waals surface area (Å²) in [5.41, 5.74) is 3.62. The maximum absolute atomic E-state index is 4.75. The quantitative estimate of drug-likeness (QED) is 0.598. The molecule has 0 aliphatic rings. The minimum atomic E-state index is 1.08. The van der Waals surface area contributed by atoms with Crippen LogP contribution in [0.25, 0.3) is 21.8 Å². The highest BCUT2D eigenvalue weighted by Crippen LogP contribution is 2.23. The first kappa shape index (κ1) is 11.2. The van der Waals surface area contributed by atoms with Crippen molar-refractivity contribution in [3.05, 3.63) is 54.1 Å². The van der Waals surface area contributed by atoms with E-state index in [2.05, 4.69) is 49.4 Å². The Balaban J connectivity index is 2.22. The molecular weight excluding hydrogens is 218 g/mol. The van der Waals surface area contributed by atoms with Crippen LogP contribution in [-0.4, -0.2) is 4.98 Å². The van der Waals surface area contributed by atoms with E-state index in [4.69, 9.17) is 4.98 Å². The standard InChI is InChI=1S/C17H17N/c1-2-3-7-13-9-6-11-17-15(13)12-14-8-4-5-10-16(14)18-17/h4-6,8-12H,2-3,7H2,1H3. The van der Waals surface area contributed by atoms with E-state index in [1.54, 1.807) is 0 Å². The van der Waals surface area contributed by atoms with Crippen molar-refractivity contribution in [3.63, 3.8) is 0 Å². The first-order chi connectivity index (χ1) is 8.88. The minimum absolute atomic E-state index is 1.08. The highest BCUT2D eigenvalue weighted by atomic mass is 14.7. The van der Waals surface area contributed by atoms with Gasteiger partial charge in [-0.2, -0.15) is 0 Å². The predicted octanol–water partition coefficient (Wildman–Crippen LogP) is 4.73. The number of pyridine rings is 1. The van der Waals surface area contributed by atoms with Gasteiger partial charge in [0.15, 0.2) is 0 Å². The van der Waals surface area contributed by atoms with Crippen LogP contribution in [0.1, 0.15) is 25.3 Å². The predicted molar refractivity (Wildman–Crippen MR) is 77.9 cm³/mol. The van der Waals surface area contributed by atoms with Crippen molar-refractivity contribution in [1.29, 1.82) is 0 Å². The molecule has 3 aromatic rings. The molecule has 1 nitrogen and oxygen atoms in total. The maximum atomic E-state index is 4.75. The molecule has 0 atom stereocenters. The summed E-state index contributed by atoms with van der Waals surface area (Å²) in [5.74, 6) is 0. The third-order valence-corrected chi connectivity index (χ3v) is 3.45. The number of hydrogen-bond donors (Lipinski definition) is 0. The Morgan fingerprint density at radius 3 is 2.67 bits per heavy atom. The Morgan fingerprint density at radius 2 is 1.78 bits per heavy atom. The van der Waals surface area contributed by atoms with Crippen LogP contribution in [0.5, 0.6) is 0 Å². The van der Waals surface area contributed by atoms with Crippen LogP contribution in [0.15, 0.2) is 48.5 Å². The molecule has 0 N–H and O–H groups in total. The molecule has 1 heteroatoms. The summed E-state index contributed by atoms with van der Waals surface area (Å²) in [6, 6.07) is 17.1. The van der Waals surface area contributed by atoms with E-state index in [0.717, 1.165) is 17.5 Å². The largest absolute Gasteiger partial charge is 0.248 e. The van der Waals surface area contributed by atoms with Gasteiger partial charge in [-0.1, -0.05) is 43.7 Å². The van der Waals surface area contributed by atoms with Gasteiger partial charge in [-0.3, -0.25) is 0 Å². The summed E-state index contributed by atoms with van der Waals surface area (Å²) >= 11 is 0. The second kappa shape index (κ2) is 4.77. The van der Waals surface area contributed by atoms with Crippen LogP contribution in [0.4, 0.5) is 0 Å². The van der Waals surface area contributed by atoms with Crippen molar-refractivity contribution in [1.82, 2.24) is 4.98 Å². The summed E-state index contributed by atoms with van der Waals surface area (Å²) in [7, 11) is 0. The number of aromatic nitrogens is 1. The molecule has 0 saturated heterocycles. The Hall–Kier alpha value is -1.89. The van der Waals surface area contributed by atoms with Crippen molar-refractivity contribution in [2.75, 3.05) is 0 Å². The fourth-order valence-corrected chi connectivity index (χ4v) is 2.45. The Labute approximate surface area is 107 Å². The van der Waals surface area contributed by atoms with Crippen molar-refractivity contribution < 1.29 is 0 Å². The summed E-state index contributed by atoms with van der Waals surface area (Å²) in [6.07, 6.45) is 3.62. The summed E-state index contributed by atoms with van der Waals surface area (Å²) in [5, 5.41) is 2.54. The molecule has 1 aromatic heterocycles. The number of aryl methyl sites for hydroxylation is 1. The Morgan fingerprint density at radius 1 is 0.944 bits per heavy atom. The highest BCUT2D eigenvalue weighted by Gasteiger charge is 2.03. The summed E-state index contributed by atoms with van der Waals surface area (Å²) < 4.78 is 0. The molecule has 0 fully saturated rings.